The molecule has 0 saturated carbocycles. The van der Waals surface area contributed by atoms with Gasteiger partial charge in [-0.2, -0.15) is 0 Å². The number of amides is 2. The van der Waals surface area contributed by atoms with Crippen molar-refractivity contribution in [2.24, 2.45) is 7.05 Å². The Balaban J connectivity index is 1.70. The van der Waals surface area contributed by atoms with Crippen molar-refractivity contribution in [3.8, 4) is 5.95 Å². The highest BCUT2D eigenvalue weighted by Crippen LogP contribution is 2.23. The molecule has 1 N–H and O–H groups in total. The van der Waals surface area contributed by atoms with Crippen molar-refractivity contribution in [3.05, 3.63) is 35.5 Å². The number of anilines is 1. The van der Waals surface area contributed by atoms with Crippen LogP contribution in [0, 0.1) is 0 Å². The molecule has 11 nitrogen and oxygen atoms in total. The number of thiocarbonyl (C=S) groups is 1. The van der Waals surface area contributed by atoms with E-state index in [-0.39, 0.29) is 36.3 Å². The molecule has 31 heavy (non-hydrogen) atoms. The summed E-state index contributed by atoms with van der Waals surface area (Å²) < 4.78 is 10.8. The summed E-state index contributed by atoms with van der Waals surface area (Å²) in [5, 5.41) is 18.3. The van der Waals surface area contributed by atoms with Gasteiger partial charge in [0, 0.05) is 12.7 Å². The maximum atomic E-state index is 12.6. The number of hydrogen-bond donors (Lipinski definition) is 1. The maximum Gasteiger partial charge on any atom is 0.338 e. The molecule has 2 amide bonds. The summed E-state index contributed by atoms with van der Waals surface area (Å²) in [4.78, 5) is 39.7. The van der Waals surface area contributed by atoms with Crippen molar-refractivity contribution >= 4 is 40.8 Å². The minimum absolute atomic E-state index is 0.0278. The second kappa shape index (κ2) is 9.08. The number of carbonyl (C=O) groups excluding carboxylic acids is 3. The highest BCUT2D eigenvalue weighted by atomic mass is 32.1. The molecule has 2 heterocycles. The third-order valence-corrected chi connectivity index (χ3v) is 5.28. The summed E-state index contributed by atoms with van der Waals surface area (Å²) >= 11 is 5.31. The summed E-state index contributed by atoms with van der Waals surface area (Å²) in [6, 6.07) is 5.31. The van der Waals surface area contributed by atoms with Crippen LogP contribution in [0.15, 0.2) is 28.8 Å². The van der Waals surface area contributed by atoms with E-state index in [1.807, 2.05) is 0 Å². The quantitative estimate of drug-likeness (QED) is 0.345. The number of likely N-dealkylation sites (N-methyl/N-ethyl adjacent to an activating group) is 1. The molecule has 0 bridgehead atoms. The van der Waals surface area contributed by atoms with E-state index < -0.39 is 23.9 Å². The zero-order valence-corrected chi connectivity index (χ0v) is 18.0. The normalized spacial score (nSPS) is 16.0. The standard InChI is InChI=1S/C19H21N5O6S/c1-4-29-17(27)11-5-7-12(8-6-11)20-15(25)9-13-16(26)22(2)19(31)24(13)10-14-18(28)30-21-23(14)3/h5-8,13H,4,9-10H2,1-3H3,(H-,20,21,25,27,28). The smallest absolute Gasteiger partial charge is 0.338 e. The molecular formula is C19H21N5O6S. The molecular weight excluding hydrogens is 426 g/mol. The fourth-order valence-electron chi connectivity index (χ4n) is 3.10. The zero-order valence-electron chi connectivity index (χ0n) is 17.2. The number of rotatable bonds is 7. The molecule has 0 radical (unpaired) electrons. The fraction of sp³-hybridized carbons (Fsp3) is 0.368. The van der Waals surface area contributed by atoms with E-state index in [1.54, 1.807) is 19.1 Å². The molecule has 1 aliphatic heterocycles. The number of ether oxygens (including phenoxy) is 1. The number of carbonyl (C=O) groups is 3. The molecule has 12 heteroatoms. The van der Waals surface area contributed by atoms with Gasteiger partial charge in [-0.15, -0.1) is 0 Å². The average Bonchev–Trinajstić information content (AvgIpc) is 3.15. The maximum absolute atomic E-state index is 12.6. The number of benzene rings is 1. The van der Waals surface area contributed by atoms with Crippen molar-refractivity contribution < 1.29 is 33.4 Å². The fourth-order valence-corrected chi connectivity index (χ4v) is 3.39. The molecule has 1 aromatic heterocycles. The van der Waals surface area contributed by atoms with Crippen LogP contribution in [0.1, 0.15) is 29.4 Å². The number of nitrogens with zero attached hydrogens (tertiary/aromatic N) is 4. The van der Waals surface area contributed by atoms with Gasteiger partial charge in [0.05, 0.1) is 23.9 Å². The summed E-state index contributed by atoms with van der Waals surface area (Å²) in [7, 11) is 3.04. The van der Waals surface area contributed by atoms with Crippen LogP contribution in [0.25, 0.3) is 0 Å². The summed E-state index contributed by atoms with van der Waals surface area (Å²) in [6.45, 7) is 1.95. The topological polar surface area (TPSA) is 132 Å². The van der Waals surface area contributed by atoms with Gasteiger partial charge in [-0.05, 0) is 43.4 Å². The number of aromatic nitrogens is 2. The third kappa shape index (κ3) is 4.63. The van der Waals surface area contributed by atoms with Crippen molar-refractivity contribution in [1.29, 1.82) is 0 Å². The van der Waals surface area contributed by atoms with Crippen molar-refractivity contribution in [2.45, 2.75) is 25.9 Å². The molecule has 0 spiro atoms. The lowest BCUT2D eigenvalue weighted by Gasteiger charge is -2.21. The lowest BCUT2D eigenvalue weighted by molar-refractivity contribution is -0.746. The van der Waals surface area contributed by atoms with E-state index in [4.69, 9.17) is 17.0 Å². The first-order valence-corrected chi connectivity index (χ1v) is 9.80. The van der Waals surface area contributed by atoms with Gasteiger partial charge in [0.1, 0.15) is 12.6 Å². The molecule has 1 aliphatic rings. The van der Waals surface area contributed by atoms with Gasteiger partial charge in [-0.1, -0.05) is 4.68 Å². The monoisotopic (exact) mass is 447 g/mol. The first-order chi connectivity index (χ1) is 14.7. The molecule has 164 valence electrons. The van der Waals surface area contributed by atoms with E-state index in [1.165, 1.54) is 40.7 Å². The SMILES string of the molecule is CCOC(=O)c1ccc(NC(=O)CC2C(=O)N(C)C(=S)N2Cc2c([O-])on[n+]2C)cc1. The summed E-state index contributed by atoms with van der Waals surface area (Å²) in [5.41, 5.74) is 1.02. The minimum Gasteiger partial charge on any atom is -0.539 e. The van der Waals surface area contributed by atoms with Crippen LogP contribution < -0.4 is 15.1 Å². The number of esters is 1. The van der Waals surface area contributed by atoms with Gasteiger partial charge >= 0.3 is 5.97 Å². The van der Waals surface area contributed by atoms with E-state index in [9.17, 15) is 19.5 Å². The van der Waals surface area contributed by atoms with Crippen molar-refractivity contribution in [3.63, 3.8) is 0 Å². The number of hydrogen-bond acceptors (Lipinski definition) is 8. The van der Waals surface area contributed by atoms with Crippen molar-refractivity contribution in [2.75, 3.05) is 19.0 Å². The third-order valence-electron chi connectivity index (χ3n) is 4.78. The Morgan fingerprint density at radius 2 is 2.03 bits per heavy atom. The lowest BCUT2D eigenvalue weighted by Crippen LogP contribution is -2.42. The first kappa shape index (κ1) is 22.2. The van der Waals surface area contributed by atoms with Crippen molar-refractivity contribution in [1.82, 2.24) is 15.1 Å². The lowest BCUT2D eigenvalue weighted by atomic mass is 10.1. The Bertz CT molecular complexity index is 1000. The van der Waals surface area contributed by atoms with Crippen LogP contribution in [0.3, 0.4) is 0 Å². The van der Waals surface area contributed by atoms with Gasteiger partial charge in [-0.3, -0.25) is 14.5 Å². The summed E-state index contributed by atoms with van der Waals surface area (Å²) in [5.74, 6) is -1.88. The second-order valence-corrected chi connectivity index (χ2v) is 7.17. The molecule has 1 aromatic carbocycles. The van der Waals surface area contributed by atoms with Crippen LogP contribution in [-0.2, 0) is 27.9 Å². The Morgan fingerprint density at radius 3 is 2.61 bits per heavy atom. The highest BCUT2D eigenvalue weighted by Gasteiger charge is 2.43. The van der Waals surface area contributed by atoms with E-state index >= 15 is 0 Å². The zero-order chi connectivity index (χ0) is 22.7. The van der Waals surface area contributed by atoms with Gasteiger partial charge in [0.25, 0.3) is 11.6 Å². The van der Waals surface area contributed by atoms with E-state index in [2.05, 4.69) is 15.1 Å². The molecule has 2 aromatic rings. The predicted octanol–water partition coefficient (Wildman–Crippen LogP) is -0.294. The molecule has 1 fully saturated rings. The Morgan fingerprint density at radius 1 is 1.35 bits per heavy atom. The molecule has 1 atom stereocenters. The van der Waals surface area contributed by atoms with Gasteiger partial charge in [0.15, 0.2) is 18.1 Å². The molecule has 3 rings (SSSR count). The van der Waals surface area contributed by atoms with Crippen LogP contribution in [0.5, 0.6) is 5.95 Å². The number of nitrogens with one attached hydrogen (secondary N) is 1. The Kier molecular flexibility index (Phi) is 6.49. The highest BCUT2D eigenvalue weighted by molar-refractivity contribution is 7.80. The van der Waals surface area contributed by atoms with Gasteiger partial charge < -0.3 is 24.6 Å². The molecule has 1 unspecified atom stereocenters. The van der Waals surface area contributed by atoms with Crippen LogP contribution in [-0.4, -0.2) is 57.7 Å². The Hall–Kier alpha value is -3.54. The first-order valence-electron chi connectivity index (χ1n) is 9.40. The van der Waals surface area contributed by atoms with Gasteiger partial charge in [-0.25, -0.2) is 4.79 Å². The number of aryl methyl sites for hydroxylation is 1. The van der Waals surface area contributed by atoms with E-state index in [0.29, 0.717) is 11.3 Å². The van der Waals surface area contributed by atoms with E-state index in [0.717, 1.165) is 0 Å². The molecule has 1 saturated heterocycles. The largest absolute Gasteiger partial charge is 0.539 e. The van der Waals surface area contributed by atoms with Gasteiger partial charge in [0.2, 0.25) is 5.91 Å². The Labute approximate surface area is 183 Å². The predicted molar refractivity (Wildman–Crippen MR) is 107 cm³/mol. The average molecular weight is 447 g/mol. The van der Waals surface area contributed by atoms with Crippen LogP contribution in [0.4, 0.5) is 5.69 Å². The van der Waals surface area contributed by atoms with Crippen LogP contribution in [0.2, 0.25) is 0 Å². The minimum atomic E-state index is -0.884. The molecule has 0 aliphatic carbocycles. The second-order valence-electron chi connectivity index (χ2n) is 6.80. The summed E-state index contributed by atoms with van der Waals surface area (Å²) in [6.07, 6.45) is -0.188. The van der Waals surface area contributed by atoms with Crippen LogP contribution >= 0.6 is 12.2 Å².